The van der Waals surface area contributed by atoms with E-state index in [0.29, 0.717) is 23.4 Å². The van der Waals surface area contributed by atoms with Crippen molar-refractivity contribution in [2.45, 2.75) is 44.4 Å². The highest BCUT2D eigenvalue weighted by molar-refractivity contribution is 7.99. The number of rotatable bonds is 9. The zero-order valence-corrected chi connectivity index (χ0v) is 20.9. The monoisotopic (exact) mass is 483 g/mol. The first kappa shape index (κ1) is 23.3. The van der Waals surface area contributed by atoms with Crippen molar-refractivity contribution >= 4 is 17.7 Å². The fraction of sp³-hybridized carbons (Fsp3) is 0.286. The Morgan fingerprint density at radius 3 is 2.54 bits per heavy atom. The molecule has 0 radical (unpaired) electrons. The van der Waals surface area contributed by atoms with Gasteiger partial charge in [-0.15, -0.1) is 10.2 Å². The Bertz CT molecular complexity index is 1290. The quantitative estimate of drug-likeness (QED) is 0.292. The van der Waals surface area contributed by atoms with Crippen LogP contribution in [0.1, 0.15) is 30.9 Å². The number of thioether (sulfide) groups is 1. The number of amides is 1. The lowest BCUT2D eigenvalue weighted by Crippen LogP contribution is -2.40. The third-order valence-corrected chi connectivity index (χ3v) is 7.46. The van der Waals surface area contributed by atoms with E-state index < -0.39 is 0 Å². The number of aromatic nitrogens is 4. The second kappa shape index (κ2) is 10.4. The van der Waals surface area contributed by atoms with Crippen LogP contribution in [0.2, 0.25) is 0 Å². The van der Waals surface area contributed by atoms with E-state index >= 15 is 0 Å². The average Bonchev–Trinajstić information content (AvgIpc) is 3.66. The van der Waals surface area contributed by atoms with Gasteiger partial charge in [-0.05, 0) is 61.9 Å². The molecule has 2 heterocycles. The minimum absolute atomic E-state index is 0.125. The molecule has 1 aliphatic carbocycles. The normalized spacial score (nSPS) is 14.0. The number of para-hydroxylation sites is 1. The summed E-state index contributed by atoms with van der Waals surface area (Å²) in [6.07, 6.45) is 5.93. The van der Waals surface area contributed by atoms with Gasteiger partial charge in [0.05, 0.1) is 11.4 Å². The minimum atomic E-state index is 0.125. The number of carbonyl (C=O) groups is 1. The number of benzene rings is 2. The Morgan fingerprint density at radius 2 is 1.83 bits per heavy atom. The summed E-state index contributed by atoms with van der Waals surface area (Å²) in [6, 6.07) is 22.5. The summed E-state index contributed by atoms with van der Waals surface area (Å²) in [5.74, 6) is 1.75. The van der Waals surface area contributed by atoms with E-state index in [0.717, 1.165) is 28.2 Å². The van der Waals surface area contributed by atoms with Gasteiger partial charge >= 0.3 is 0 Å². The number of hydrogen-bond donors (Lipinski definition) is 0. The van der Waals surface area contributed by atoms with Crippen LogP contribution < -0.4 is 0 Å². The summed E-state index contributed by atoms with van der Waals surface area (Å²) in [5, 5.41) is 9.69. The Kier molecular flexibility index (Phi) is 6.95. The predicted molar refractivity (Wildman–Crippen MR) is 139 cm³/mol. The van der Waals surface area contributed by atoms with Crippen molar-refractivity contribution in [2.24, 2.45) is 5.92 Å². The molecule has 0 saturated heterocycles. The SMILES string of the molecule is Cc1ccccc1-n1c(SCC(=O)N(Cc2ccccc2)[C@@H](C)C2CC2)nnc1-c1cccnc1. The number of hydrogen-bond acceptors (Lipinski definition) is 5. The van der Waals surface area contributed by atoms with E-state index in [2.05, 4.69) is 53.3 Å². The summed E-state index contributed by atoms with van der Waals surface area (Å²) >= 11 is 1.44. The highest BCUT2D eigenvalue weighted by Gasteiger charge is 2.34. The lowest BCUT2D eigenvalue weighted by atomic mass is 10.1. The lowest BCUT2D eigenvalue weighted by molar-refractivity contribution is -0.131. The van der Waals surface area contributed by atoms with E-state index in [1.54, 1.807) is 12.4 Å². The number of nitrogens with zero attached hydrogens (tertiary/aromatic N) is 5. The standard InChI is InChI=1S/C28H29N5OS/c1-20-9-6-7-13-25(20)33-27(24-12-8-16-29-17-24)30-31-28(33)35-19-26(34)32(21(2)23-14-15-23)18-22-10-4-3-5-11-22/h3-13,16-17,21,23H,14-15,18-19H2,1-2H3/t21-/m0/s1. The number of aryl methyl sites for hydroxylation is 1. The predicted octanol–water partition coefficient (Wildman–Crippen LogP) is 5.56. The molecule has 6 nitrogen and oxygen atoms in total. The number of pyridine rings is 1. The van der Waals surface area contributed by atoms with Crippen molar-refractivity contribution in [1.29, 1.82) is 0 Å². The Hall–Kier alpha value is -3.45. The first-order valence-corrected chi connectivity index (χ1v) is 13.0. The first-order valence-electron chi connectivity index (χ1n) is 12.0. The van der Waals surface area contributed by atoms with Gasteiger partial charge in [0.25, 0.3) is 0 Å². The summed E-state index contributed by atoms with van der Waals surface area (Å²) in [7, 11) is 0. The van der Waals surface area contributed by atoms with Gasteiger partial charge in [0.2, 0.25) is 5.91 Å². The fourth-order valence-electron chi connectivity index (χ4n) is 4.36. The van der Waals surface area contributed by atoms with Crippen molar-refractivity contribution < 1.29 is 4.79 Å². The van der Waals surface area contributed by atoms with Crippen LogP contribution in [0.4, 0.5) is 0 Å². The molecule has 0 aliphatic heterocycles. The van der Waals surface area contributed by atoms with E-state index in [4.69, 9.17) is 0 Å². The zero-order chi connectivity index (χ0) is 24.2. The van der Waals surface area contributed by atoms with Gasteiger partial charge in [-0.25, -0.2) is 0 Å². The Labute approximate surface area is 210 Å². The molecule has 0 bridgehead atoms. The smallest absolute Gasteiger partial charge is 0.233 e. The topological polar surface area (TPSA) is 63.9 Å². The first-order chi connectivity index (χ1) is 17.1. The molecule has 2 aromatic heterocycles. The van der Waals surface area contributed by atoms with Crippen LogP contribution in [0.3, 0.4) is 0 Å². The lowest BCUT2D eigenvalue weighted by Gasteiger charge is -2.29. The molecule has 1 fully saturated rings. The van der Waals surface area contributed by atoms with Crippen molar-refractivity contribution in [3.8, 4) is 17.1 Å². The molecule has 4 aromatic rings. The van der Waals surface area contributed by atoms with E-state index in [1.807, 2.05) is 51.9 Å². The van der Waals surface area contributed by atoms with Gasteiger partial charge in [-0.3, -0.25) is 14.3 Å². The van der Waals surface area contributed by atoms with Gasteiger partial charge < -0.3 is 4.90 Å². The van der Waals surface area contributed by atoms with Crippen LogP contribution in [0, 0.1) is 12.8 Å². The molecule has 0 spiro atoms. The van der Waals surface area contributed by atoms with E-state index in [9.17, 15) is 4.79 Å². The largest absolute Gasteiger partial charge is 0.335 e. The molecule has 35 heavy (non-hydrogen) atoms. The Balaban J connectivity index is 1.42. The van der Waals surface area contributed by atoms with Crippen molar-refractivity contribution in [1.82, 2.24) is 24.6 Å². The minimum Gasteiger partial charge on any atom is -0.335 e. The maximum absolute atomic E-state index is 13.5. The molecule has 5 rings (SSSR count). The van der Waals surface area contributed by atoms with Gasteiger partial charge in [-0.2, -0.15) is 0 Å². The Morgan fingerprint density at radius 1 is 1.06 bits per heavy atom. The molecule has 2 aromatic carbocycles. The van der Waals surface area contributed by atoms with Crippen molar-refractivity contribution in [2.75, 3.05) is 5.75 Å². The summed E-state index contributed by atoms with van der Waals surface area (Å²) in [6.45, 7) is 4.88. The average molecular weight is 484 g/mol. The molecule has 0 unspecified atom stereocenters. The van der Waals surface area contributed by atoms with Crippen LogP contribution in [-0.4, -0.2) is 42.4 Å². The summed E-state index contributed by atoms with van der Waals surface area (Å²) in [5.41, 5.74) is 4.15. The highest BCUT2D eigenvalue weighted by Crippen LogP contribution is 2.36. The number of carbonyl (C=O) groups excluding carboxylic acids is 1. The molecule has 1 amide bonds. The second-order valence-electron chi connectivity index (χ2n) is 9.04. The van der Waals surface area contributed by atoms with Crippen LogP contribution in [-0.2, 0) is 11.3 Å². The second-order valence-corrected chi connectivity index (χ2v) is 9.99. The van der Waals surface area contributed by atoms with Gasteiger partial charge in [0, 0.05) is 30.5 Å². The van der Waals surface area contributed by atoms with Crippen molar-refractivity contribution in [3.05, 3.63) is 90.3 Å². The van der Waals surface area contributed by atoms with Crippen LogP contribution in [0.5, 0.6) is 0 Å². The van der Waals surface area contributed by atoms with Crippen LogP contribution >= 0.6 is 11.8 Å². The molecular formula is C28H29N5OS. The van der Waals surface area contributed by atoms with E-state index in [1.165, 1.54) is 24.6 Å². The third-order valence-electron chi connectivity index (χ3n) is 6.55. The highest BCUT2D eigenvalue weighted by atomic mass is 32.2. The van der Waals surface area contributed by atoms with Gasteiger partial charge in [0.15, 0.2) is 11.0 Å². The molecule has 1 saturated carbocycles. The summed E-state index contributed by atoms with van der Waals surface area (Å²) in [4.78, 5) is 19.8. The molecule has 178 valence electrons. The third kappa shape index (κ3) is 5.30. The maximum Gasteiger partial charge on any atom is 0.233 e. The fourth-order valence-corrected chi connectivity index (χ4v) is 5.19. The molecular weight excluding hydrogens is 454 g/mol. The molecule has 1 aliphatic rings. The molecule has 0 N–H and O–H groups in total. The van der Waals surface area contributed by atoms with Gasteiger partial charge in [0.1, 0.15) is 0 Å². The van der Waals surface area contributed by atoms with Gasteiger partial charge in [-0.1, -0.05) is 60.3 Å². The molecule has 7 heteroatoms. The zero-order valence-electron chi connectivity index (χ0n) is 20.0. The van der Waals surface area contributed by atoms with Crippen molar-refractivity contribution in [3.63, 3.8) is 0 Å². The molecule has 1 atom stereocenters. The summed E-state index contributed by atoms with van der Waals surface area (Å²) < 4.78 is 2.04. The van der Waals surface area contributed by atoms with Crippen LogP contribution in [0.25, 0.3) is 17.1 Å². The maximum atomic E-state index is 13.5. The van der Waals surface area contributed by atoms with E-state index in [-0.39, 0.29) is 11.9 Å². The van der Waals surface area contributed by atoms with Crippen LogP contribution in [0.15, 0.2) is 84.3 Å².